The first-order valence-electron chi connectivity index (χ1n) is 7.40. The molecule has 10 fully saturated rings. The Hall–Kier alpha value is -0.271. The van der Waals surface area contributed by atoms with Crippen LogP contribution in [0.1, 0.15) is 6.92 Å². The number of methoxy groups -OCH3 is 1. The van der Waals surface area contributed by atoms with Crippen LogP contribution in [0.5, 0.6) is 0 Å². The second-order valence-electron chi connectivity index (χ2n) is 11.1. The van der Waals surface area contributed by atoms with Gasteiger partial charge in [-0.3, -0.25) is 0 Å². The summed E-state index contributed by atoms with van der Waals surface area (Å²) in [5.41, 5.74) is 0.950. The zero-order valence-corrected chi connectivity index (χ0v) is 11.5. The number of hydrogen-bond donors (Lipinski definition) is 0. The van der Waals surface area contributed by atoms with E-state index in [9.17, 15) is 4.79 Å². The van der Waals surface area contributed by atoms with E-state index in [2.05, 4.69) is 6.08 Å². The summed E-state index contributed by atoms with van der Waals surface area (Å²) >= 11 is 0. The molecule has 0 saturated carbocycles. The second kappa shape index (κ2) is 0.563. The van der Waals surface area contributed by atoms with Crippen LogP contribution in [0.3, 0.4) is 0 Å². The number of esters is 1. The zero-order valence-electron chi connectivity index (χ0n) is 10.4. The number of carbonyl (C=O) groups excluding carboxylic acids is 1. The average Bonchev–Trinajstić information content (AvgIpc) is 3.30. The fourth-order valence-electron chi connectivity index (χ4n) is 17.3. The molecule has 4 atom stereocenters. The first kappa shape index (κ1) is 6.95. The van der Waals surface area contributed by atoms with Gasteiger partial charge < -0.3 is 0 Å². The summed E-state index contributed by atoms with van der Waals surface area (Å²) in [6.45, 7) is -0.957. The van der Waals surface area contributed by atoms with Crippen molar-refractivity contribution < 1.29 is 16.0 Å². The fraction of sp³-hybridized carbons (Fsp3) is 0.800. The number of allylic oxidation sites excluding steroid dienone is 1. The summed E-state index contributed by atoms with van der Waals surface area (Å²) in [5.74, 6) is -0.0639. The quantitative estimate of drug-likeness (QED) is 0.437. The molecule has 96 valence electrons. The third kappa shape index (κ3) is 0.0682. The molecule has 0 bridgehead atoms. The van der Waals surface area contributed by atoms with Gasteiger partial charge in [-0.1, -0.05) is 0 Å². The van der Waals surface area contributed by atoms with Crippen molar-refractivity contribution >= 4 is 5.97 Å². The Morgan fingerprint density at radius 3 is 1.83 bits per heavy atom. The molecule has 10 heterocycles. The molecule has 1 spiro atoms. The number of fused-ring (bicyclic) bond motifs is 10. The van der Waals surface area contributed by atoms with Crippen LogP contribution in [0.25, 0.3) is 0 Å². The van der Waals surface area contributed by atoms with Crippen LogP contribution < -0.4 is 0 Å². The van der Waals surface area contributed by atoms with Gasteiger partial charge in [-0.05, 0) is 0 Å². The van der Waals surface area contributed by atoms with Gasteiger partial charge >= 0.3 is 95.4 Å². The fourth-order valence-corrected chi connectivity index (χ4v) is 91.1. The van der Waals surface area contributed by atoms with Crippen LogP contribution in [0.4, 0.5) is 0 Å². The summed E-state index contributed by atoms with van der Waals surface area (Å²) < 4.78 is 5.68. The summed E-state index contributed by atoms with van der Waals surface area (Å²) in [7, 11) is 1.53. The Morgan fingerprint density at radius 1 is 1.06 bits per heavy atom. The molecule has 0 aliphatic carbocycles. The molecule has 10 saturated heterocycles. The molecule has 10 aliphatic heterocycles. The topological polar surface area (TPSA) is 26.3 Å². The third-order valence-electron chi connectivity index (χ3n) is 15.7. The van der Waals surface area contributed by atoms with Crippen LogP contribution in [0, 0.1) is 0 Å². The maximum atomic E-state index is 11.8. The summed E-state index contributed by atoms with van der Waals surface area (Å²) in [4.78, 5) is 23.7. The van der Waals surface area contributed by atoms with Gasteiger partial charge in [-0.15, -0.1) is 0 Å². The van der Waals surface area contributed by atoms with E-state index in [1.807, 2.05) is 6.92 Å². The summed E-state index contributed by atoms with van der Waals surface area (Å²) in [6.07, 6.45) is 2.53. The number of ether oxygens (including phenoxy) is 1. The zero-order chi connectivity index (χ0) is 11.6. The van der Waals surface area contributed by atoms with Gasteiger partial charge in [0.1, 0.15) is 0 Å². The van der Waals surface area contributed by atoms with Gasteiger partial charge in [0, 0.05) is 0 Å². The molecule has 0 aromatic heterocycles. The molecule has 0 radical (unpaired) electrons. The number of hydrogen-bond acceptors (Lipinski definition) is 2. The maximum absolute atomic E-state index is 11.8. The Bertz CT molecular complexity index is 985. The van der Waals surface area contributed by atoms with Gasteiger partial charge in [0.05, 0.1) is 0 Å². The average molecular weight is 284 g/mol. The Labute approximate surface area is 95.4 Å². The number of carbonyl (C=O) groups is 1. The molecule has 2 nitrogen and oxygen atoms in total. The molecule has 18 heavy (non-hydrogen) atoms. The molecule has 10 rings (SSSR count). The first-order chi connectivity index (χ1) is 8.41. The third-order valence-corrected chi connectivity index (χ3v) is 58.2. The van der Waals surface area contributed by atoms with E-state index >= 15 is 0 Å². The van der Waals surface area contributed by atoms with Crippen molar-refractivity contribution in [3.63, 3.8) is 0 Å². The van der Waals surface area contributed by atoms with E-state index in [4.69, 9.17) is 4.74 Å². The van der Waals surface area contributed by atoms with Crippen LogP contribution in [0.2, 0.25) is 47.7 Å². The monoisotopic (exact) mass is 284 g/mol. The van der Waals surface area contributed by atoms with Gasteiger partial charge in [0.2, 0.25) is 0 Å². The predicted octanol–water partition coefficient (Wildman–Crippen LogP) is 3.87. The van der Waals surface area contributed by atoms with Gasteiger partial charge in [-0.25, -0.2) is 0 Å². The molecular weight excluding hydrogens is 268 g/mol. The molecule has 3 heteroatoms. The van der Waals surface area contributed by atoms with E-state index in [0.29, 0.717) is 0 Å². The Kier molecular flexibility index (Phi) is 0.217. The molecule has 10 aliphatic rings. The van der Waals surface area contributed by atoms with Gasteiger partial charge in [0.15, 0.2) is 0 Å². The Balaban J connectivity index is 1.48. The van der Waals surface area contributed by atoms with Crippen molar-refractivity contribution in [3.8, 4) is 0 Å². The van der Waals surface area contributed by atoms with Crippen molar-refractivity contribution in [3.05, 3.63) is 11.6 Å². The summed E-state index contributed by atoms with van der Waals surface area (Å²) in [5, 5.41) is 0. The van der Waals surface area contributed by atoms with Crippen molar-refractivity contribution in [2.45, 2.75) is 54.6 Å². The molecule has 4 unspecified atom stereocenters. The molecular formula is C15H16FeO2. The van der Waals surface area contributed by atoms with Gasteiger partial charge in [-0.2, -0.15) is 0 Å². The van der Waals surface area contributed by atoms with Crippen LogP contribution in [-0.4, -0.2) is 13.1 Å². The van der Waals surface area contributed by atoms with Crippen molar-refractivity contribution in [1.29, 1.82) is 0 Å². The van der Waals surface area contributed by atoms with Crippen LogP contribution in [-0.2, 0) is 16.0 Å². The van der Waals surface area contributed by atoms with E-state index in [-0.39, 0.29) is 5.97 Å². The van der Waals surface area contributed by atoms with E-state index in [0.717, 1.165) is 9.89 Å². The number of rotatable bonds is 2. The minimum absolute atomic E-state index is 0.0639. The van der Waals surface area contributed by atoms with Crippen molar-refractivity contribution in [1.82, 2.24) is 0 Å². The van der Waals surface area contributed by atoms with E-state index < -0.39 is 6.51 Å². The molecule has 0 aromatic carbocycles. The first-order valence-corrected chi connectivity index (χ1v) is 13.7. The Morgan fingerprint density at radius 2 is 1.56 bits per heavy atom. The minimum atomic E-state index is -2.97. The SMILES string of the molecule is COC(=O)C(C)=C[C]12[CH]3[CH]4[CH]5[CH]1[Fe]45321678[CH]2[CH]1[CH]6[CH]7[CH]28. The van der Waals surface area contributed by atoms with Crippen LogP contribution in [0.15, 0.2) is 11.6 Å². The van der Waals surface area contributed by atoms with Crippen molar-refractivity contribution in [2.75, 3.05) is 7.11 Å². The predicted molar refractivity (Wildman–Crippen MR) is 62.2 cm³/mol. The molecule has 0 N–H and O–H groups in total. The molecule has 0 amide bonds. The summed E-state index contributed by atoms with van der Waals surface area (Å²) in [6, 6.07) is 0. The standard InChI is InChI=1S/C10H11O2.C5H5.Fe/c1-8(10(11)12-2)7-9-5-3-4-6-9;1-2-4-5-3-1;/h3-7H,1-2H3;1-5H;. The van der Waals surface area contributed by atoms with Crippen molar-refractivity contribution in [2.24, 2.45) is 0 Å². The second-order valence-corrected chi connectivity index (χ2v) is 34.7. The van der Waals surface area contributed by atoms with Gasteiger partial charge in [0.25, 0.3) is 0 Å². The normalized spacial score (nSPS) is 114. The molecule has 0 aromatic rings. The van der Waals surface area contributed by atoms with Crippen LogP contribution >= 0.6 is 0 Å². The van der Waals surface area contributed by atoms with E-state index in [1.165, 1.54) is 50.5 Å². The van der Waals surface area contributed by atoms with E-state index in [1.54, 1.807) is 0 Å².